The van der Waals surface area contributed by atoms with Crippen molar-refractivity contribution in [2.75, 3.05) is 6.61 Å². The zero-order chi connectivity index (χ0) is 24.7. The van der Waals surface area contributed by atoms with Crippen molar-refractivity contribution >= 4 is 23.7 Å². The average Bonchev–Trinajstić information content (AvgIpc) is 3.29. The van der Waals surface area contributed by atoms with Crippen LogP contribution in [0.3, 0.4) is 0 Å². The lowest BCUT2D eigenvalue weighted by Crippen LogP contribution is -2.64. The van der Waals surface area contributed by atoms with Crippen molar-refractivity contribution in [1.82, 2.24) is 0 Å². The second-order valence-corrected chi connectivity index (χ2v) is 10.5. The van der Waals surface area contributed by atoms with Crippen molar-refractivity contribution in [3.8, 4) is 0 Å². The number of hydrogen-bond donors (Lipinski definition) is 0. The van der Waals surface area contributed by atoms with Crippen LogP contribution in [0.4, 0.5) is 0 Å². The fraction of sp³-hybridized carbons (Fsp3) is 0.692. The van der Waals surface area contributed by atoms with Gasteiger partial charge in [0.2, 0.25) is 0 Å². The summed E-state index contributed by atoms with van der Waals surface area (Å²) in [5.41, 5.74) is -0.765. The summed E-state index contributed by atoms with van der Waals surface area (Å²) < 4.78 is 22.0. The van der Waals surface area contributed by atoms with Crippen molar-refractivity contribution < 1.29 is 37.8 Å². The van der Waals surface area contributed by atoms with Crippen LogP contribution in [-0.2, 0) is 33.4 Å². The van der Waals surface area contributed by atoms with Crippen LogP contribution in [0.5, 0.6) is 0 Å². The number of hydrogen-bond acceptors (Lipinski definition) is 8. The molecule has 1 aromatic rings. The summed E-state index contributed by atoms with van der Waals surface area (Å²) >= 11 is 0. The Balaban J connectivity index is 1.74. The molecule has 0 aromatic carbocycles. The maximum absolute atomic E-state index is 13.9. The number of esters is 3. The van der Waals surface area contributed by atoms with Gasteiger partial charge in [0.25, 0.3) is 0 Å². The van der Waals surface area contributed by atoms with Gasteiger partial charge in [-0.1, -0.05) is 27.2 Å². The second-order valence-electron chi connectivity index (χ2n) is 10.5. The zero-order valence-corrected chi connectivity index (χ0v) is 20.3. The summed E-state index contributed by atoms with van der Waals surface area (Å²) in [7, 11) is 0. The number of cyclic esters (lactones) is 1. The van der Waals surface area contributed by atoms with Gasteiger partial charge in [-0.3, -0.25) is 19.2 Å². The summed E-state index contributed by atoms with van der Waals surface area (Å²) in [4.78, 5) is 52.1. The van der Waals surface area contributed by atoms with E-state index < -0.39 is 46.8 Å². The fourth-order valence-corrected chi connectivity index (χ4v) is 6.74. The first-order valence-electron chi connectivity index (χ1n) is 12.2. The predicted molar refractivity (Wildman–Crippen MR) is 119 cm³/mol. The largest absolute Gasteiger partial charge is 0.472 e. The van der Waals surface area contributed by atoms with Gasteiger partial charge in [-0.2, -0.15) is 0 Å². The quantitative estimate of drug-likeness (QED) is 0.343. The summed E-state index contributed by atoms with van der Waals surface area (Å²) in [6, 6.07) is 1.75. The van der Waals surface area contributed by atoms with Gasteiger partial charge in [0.15, 0.2) is 11.9 Å². The van der Waals surface area contributed by atoms with Gasteiger partial charge in [-0.15, -0.1) is 0 Å². The molecular weight excluding hydrogens is 440 g/mol. The Kier molecular flexibility index (Phi) is 6.62. The van der Waals surface area contributed by atoms with Crippen molar-refractivity contribution in [3.05, 3.63) is 24.2 Å². The van der Waals surface area contributed by atoms with Crippen LogP contribution in [0.25, 0.3) is 0 Å². The van der Waals surface area contributed by atoms with E-state index in [1.807, 2.05) is 20.8 Å². The van der Waals surface area contributed by atoms with Crippen molar-refractivity contribution in [2.45, 2.75) is 78.4 Å². The maximum atomic E-state index is 13.9. The van der Waals surface area contributed by atoms with Gasteiger partial charge >= 0.3 is 17.9 Å². The first-order chi connectivity index (χ1) is 16.1. The molecule has 7 atom stereocenters. The molecule has 0 N–H and O–H groups in total. The van der Waals surface area contributed by atoms with Crippen molar-refractivity contribution in [1.29, 1.82) is 0 Å². The molecule has 186 valence electrons. The number of ether oxygens (including phenoxy) is 3. The number of fused-ring (bicyclic) bond motifs is 3. The molecule has 0 spiro atoms. The third kappa shape index (κ3) is 4.05. The molecule has 0 amide bonds. The molecule has 2 heterocycles. The summed E-state index contributed by atoms with van der Waals surface area (Å²) in [5.74, 6) is -3.25. The maximum Gasteiger partial charge on any atom is 0.310 e. The van der Waals surface area contributed by atoms with Crippen LogP contribution in [0.2, 0.25) is 0 Å². The molecular formula is C26H34O8. The van der Waals surface area contributed by atoms with E-state index in [0.717, 1.165) is 18.4 Å². The van der Waals surface area contributed by atoms with Gasteiger partial charge in [0.05, 0.1) is 31.0 Å². The monoisotopic (exact) mass is 474 g/mol. The Morgan fingerprint density at radius 2 is 1.97 bits per heavy atom. The normalized spacial score (nSPS) is 37.2. The van der Waals surface area contributed by atoms with Crippen molar-refractivity contribution in [2.24, 2.45) is 28.6 Å². The molecule has 1 aliphatic heterocycles. The van der Waals surface area contributed by atoms with E-state index >= 15 is 0 Å². The highest BCUT2D eigenvalue weighted by Crippen LogP contribution is 2.65. The summed E-state index contributed by atoms with van der Waals surface area (Å²) in [6.45, 7) is 7.49. The Morgan fingerprint density at radius 3 is 2.62 bits per heavy atom. The highest BCUT2D eigenvalue weighted by atomic mass is 16.6. The number of carbonyl (C=O) groups excluding carboxylic acids is 4. The molecule has 4 rings (SSSR count). The Bertz CT molecular complexity index is 952. The van der Waals surface area contributed by atoms with E-state index in [-0.39, 0.29) is 24.1 Å². The molecule has 3 aliphatic rings. The van der Waals surface area contributed by atoms with Crippen molar-refractivity contribution in [3.63, 3.8) is 0 Å². The molecule has 34 heavy (non-hydrogen) atoms. The standard InChI is InChI=1S/C26H34O8/c1-5-6-10-32-23(29)18-12-19(33-15(2)27)21(28)22-25(18,3)9-7-17-24(30)34-20(13-26(17,22)4)16-8-11-31-14-16/h8,11,14,17-20,22H,5-7,9-10,12-13H2,1-4H3/t17-,18-,19-,20-,22?,25-,26-/m0/s1. The van der Waals surface area contributed by atoms with Gasteiger partial charge in [0, 0.05) is 24.8 Å². The molecule has 0 radical (unpaired) electrons. The molecule has 1 unspecified atom stereocenters. The lowest BCUT2D eigenvalue weighted by atomic mass is 9.43. The van der Waals surface area contributed by atoms with Crippen LogP contribution in [0, 0.1) is 28.6 Å². The van der Waals surface area contributed by atoms with E-state index in [2.05, 4.69) is 0 Å². The SMILES string of the molecule is CCCCOC(=O)[C@@H]1C[C@H](OC(C)=O)C(=O)C2[C@@]1(C)CC[C@H]1C(=O)O[C@H](c3ccoc3)C[C@]21C. The zero-order valence-electron chi connectivity index (χ0n) is 20.3. The van der Waals surface area contributed by atoms with Crippen LogP contribution in [0.1, 0.15) is 77.9 Å². The first kappa shape index (κ1) is 24.5. The number of unbranched alkanes of at least 4 members (excludes halogenated alkanes) is 1. The highest BCUT2D eigenvalue weighted by molar-refractivity contribution is 5.93. The highest BCUT2D eigenvalue weighted by Gasteiger charge is 2.67. The van der Waals surface area contributed by atoms with Gasteiger partial charge in [-0.05, 0) is 42.6 Å². The van der Waals surface area contributed by atoms with E-state index in [9.17, 15) is 19.2 Å². The molecule has 8 nitrogen and oxygen atoms in total. The summed E-state index contributed by atoms with van der Waals surface area (Å²) in [5, 5.41) is 0. The molecule has 1 aromatic heterocycles. The Morgan fingerprint density at radius 1 is 1.21 bits per heavy atom. The topological polar surface area (TPSA) is 109 Å². The third-order valence-corrected chi connectivity index (χ3v) is 8.35. The van der Waals surface area contributed by atoms with Crippen LogP contribution in [-0.4, -0.2) is 36.4 Å². The van der Waals surface area contributed by atoms with Gasteiger partial charge in [-0.25, -0.2) is 0 Å². The number of Topliss-reactive ketones (excluding diaryl/α,β-unsaturated/α-hetero) is 1. The molecule has 0 bridgehead atoms. The molecule has 8 heteroatoms. The molecule has 3 fully saturated rings. The minimum Gasteiger partial charge on any atom is -0.472 e. The predicted octanol–water partition coefficient (Wildman–Crippen LogP) is 4.17. The average molecular weight is 475 g/mol. The second kappa shape index (κ2) is 9.19. The van der Waals surface area contributed by atoms with Gasteiger partial charge in [0.1, 0.15) is 6.10 Å². The van der Waals surface area contributed by atoms with Crippen LogP contribution in [0.15, 0.2) is 23.0 Å². The summed E-state index contributed by atoms with van der Waals surface area (Å²) in [6.07, 6.45) is 4.67. The van der Waals surface area contributed by atoms with E-state index in [1.165, 1.54) is 13.2 Å². The molecule has 2 saturated carbocycles. The minimum absolute atomic E-state index is 0.104. The van der Waals surface area contributed by atoms with E-state index in [1.54, 1.807) is 12.3 Å². The number of rotatable bonds is 6. The third-order valence-electron chi connectivity index (χ3n) is 8.35. The fourth-order valence-electron chi connectivity index (χ4n) is 6.74. The molecule has 2 aliphatic carbocycles. The lowest BCUT2D eigenvalue weighted by molar-refractivity contribution is -0.210. The van der Waals surface area contributed by atoms with Crippen LogP contribution < -0.4 is 0 Å². The lowest BCUT2D eigenvalue weighted by Gasteiger charge is -2.61. The van der Waals surface area contributed by atoms with Crippen LogP contribution >= 0.6 is 0 Å². The number of carbonyl (C=O) groups is 4. The Labute approximate surface area is 199 Å². The first-order valence-corrected chi connectivity index (χ1v) is 12.2. The van der Waals surface area contributed by atoms with E-state index in [0.29, 0.717) is 25.9 Å². The molecule has 1 saturated heterocycles. The minimum atomic E-state index is -1.04. The van der Waals surface area contributed by atoms with E-state index in [4.69, 9.17) is 18.6 Å². The van der Waals surface area contributed by atoms with Gasteiger partial charge < -0.3 is 18.6 Å². The number of ketones is 1. The number of furan rings is 1. The smallest absolute Gasteiger partial charge is 0.310 e. The Hall–Kier alpha value is -2.64.